The lowest BCUT2D eigenvalue weighted by Crippen LogP contribution is -2.17. The minimum Gasteiger partial charge on any atom is -0.486 e. The fourth-order valence-electron chi connectivity index (χ4n) is 4.50. The van der Waals surface area contributed by atoms with Crippen LogP contribution in [0.15, 0.2) is 52.4 Å². The molecule has 202 valence electrons. The average molecular weight is 576 g/mol. The van der Waals surface area contributed by atoms with Gasteiger partial charge in [0.15, 0.2) is 32.6 Å². The molecule has 5 aromatic rings. The Hall–Kier alpha value is -4.49. The number of carbonyl (C=O) groups excluding carboxylic acids is 2. The molecule has 40 heavy (non-hydrogen) atoms. The van der Waals surface area contributed by atoms with Gasteiger partial charge in [-0.3, -0.25) is 9.59 Å². The molecule has 0 aliphatic carbocycles. The lowest BCUT2D eigenvalue weighted by Gasteiger charge is -2.18. The molecule has 0 saturated heterocycles. The second kappa shape index (κ2) is 9.61. The standard InChI is InChI=1S/C27H21N5O6S2/c1-31-16-10-18-20(37-8-6-35-18)12-22(16)39-26(31)29-24(33)14-4-3-5-15(28-14)25(34)30-27-32(2)17-11-19-21(13-23(17)40-27)38-9-7-36-19/h3-5,10-13H,6-9H2,1-2H3. The van der Waals surface area contributed by atoms with E-state index in [0.29, 0.717) is 59.0 Å². The summed E-state index contributed by atoms with van der Waals surface area (Å²) in [5, 5.41) is 0. The van der Waals surface area contributed by atoms with E-state index in [1.807, 2.05) is 47.5 Å². The van der Waals surface area contributed by atoms with Crippen LogP contribution in [-0.2, 0) is 14.1 Å². The van der Waals surface area contributed by atoms with Gasteiger partial charge in [-0.25, -0.2) is 4.98 Å². The van der Waals surface area contributed by atoms with Crippen molar-refractivity contribution in [1.29, 1.82) is 0 Å². The van der Waals surface area contributed by atoms with Gasteiger partial charge in [-0.15, -0.1) is 0 Å². The van der Waals surface area contributed by atoms with Gasteiger partial charge in [-0.2, -0.15) is 9.98 Å². The fourth-order valence-corrected chi connectivity index (χ4v) is 6.56. The maximum atomic E-state index is 13.1. The van der Waals surface area contributed by atoms with Gasteiger partial charge in [-0.05, 0) is 12.1 Å². The highest BCUT2D eigenvalue weighted by Gasteiger charge is 2.18. The zero-order valence-electron chi connectivity index (χ0n) is 21.4. The van der Waals surface area contributed by atoms with Crippen molar-refractivity contribution < 1.29 is 28.5 Å². The summed E-state index contributed by atoms with van der Waals surface area (Å²) in [5.74, 6) is 1.54. The first-order valence-electron chi connectivity index (χ1n) is 12.4. The lowest BCUT2D eigenvalue weighted by atomic mass is 10.3. The summed E-state index contributed by atoms with van der Waals surface area (Å²) >= 11 is 2.70. The Morgan fingerprint density at radius 2 is 1.10 bits per heavy atom. The Balaban J connectivity index is 1.20. The molecule has 0 N–H and O–H groups in total. The smallest absolute Gasteiger partial charge is 0.298 e. The Kier molecular flexibility index (Phi) is 5.90. The molecule has 0 fully saturated rings. The number of rotatable bonds is 2. The number of thiazole rings is 2. The Labute approximate surface area is 234 Å². The van der Waals surface area contributed by atoms with Crippen LogP contribution in [-0.4, -0.2) is 52.4 Å². The highest BCUT2D eigenvalue weighted by molar-refractivity contribution is 7.16. The van der Waals surface area contributed by atoms with Crippen LogP contribution in [0.4, 0.5) is 0 Å². The van der Waals surface area contributed by atoms with E-state index < -0.39 is 11.8 Å². The van der Waals surface area contributed by atoms with Gasteiger partial charge in [0.25, 0.3) is 11.8 Å². The van der Waals surface area contributed by atoms with Crippen molar-refractivity contribution in [3.63, 3.8) is 0 Å². The summed E-state index contributed by atoms with van der Waals surface area (Å²) in [7, 11) is 3.65. The van der Waals surface area contributed by atoms with Gasteiger partial charge >= 0.3 is 0 Å². The summed E-state index contributed by atoms with van der Waals surface area (Å²) in [6.07, 6.45) is 0. The van der Waals surface area contributed by atoms with Crippen molar-refractivity contribution in [2.75, 3.05) is 26.4 Å². The number of ether oxygens (including phenoxy) is 4. The summed E-state index contributed by atoms with van der Waals surface area (Å²) in [5.41, 5.74) is 1.83. The molecule has 0 bridgehead atoms. The molecule has 11 nitrogen and oxygen atoms in total. The van der Waals surface area contributed by atoms with Gasteiger partial charge in [-0.1, -0.05) is 28.7 Å². The summed E-state index contributed by atoms with van der Waals surface area (Å²) in [4.78, 5) is 40.0. The Bertz CT molecular complexity index is 1860. The molecule has 0 spiro atoms. The molecule has 7 rings (SSSR count). The molecule has 0 unspecified atom stereocenters. The van der Waals surface area contributed by atoms with Gasteiger partial charge in [0.05, 0.1) is 20.4 Å². The average Bonchev–Trinajstić information content (AvgIpc) is 3.44. The predicted molar refractivity (Wildman–Crippen MR) is 148 cm³/mol. The molecular formula is C27H21N5O6S2. The summed E-state index contributed by atoms with van der Waals surface area (Å²) in [6.45, 7) is 1.96. The van der Waals surface area contributed by atoms with Crippen molar-refractivity contribution in [3.8, 4) is 23.0 Å². The number of carbonyl (C=O) groups is 2. The largest absolute Gasteiger partial charge is 0.486 e. The number of fused-ring (bicyclic) bond motifs is 4. The lowest BCUT2D eigenvalue weighted by molar-refractivity contribution is 0.0989. The van der Waals surface area contributed by atoms with Crippen LogP contribution in [0, 0.1) is 0 Å². The molecule has 0 atom stereocenters. The number of nitrogens with zero attached hydrogens (tertiary/aromatic N) is 5. The van der Waals surface area contributed by atoms with Gasteiger partial charge < -0.3 is 28.1 Å². The topological polar surface area (TPSA) is 119 Å². The molecular weight excluding hydrogens is 554 g/mol. The van der Waals surface area contributed by atoms with E-state index in [1.54, 1.807) is 6.07 Å². The molecule has 2 aliphatic rings. The van der Waals surface area contributed by atoms with Crippen molar-refractivity contribution in [2.45, 2.75) is 0 Å². The number of hydrogen-bond donors (Lipinski definition) is 0. The number of benzene rings is 2. The number of aromatic nitrogens is 3. The second-order valence-corrected chi connectivity index (χ2v) is 11.1. The van der Waals surface area contributed by atoms with Crippen LogP contribution >= 0.6 is 22.7 Å². The van der Waals surface area contributed by atoms with E-state index in [1.165, 1.54) is 34.8 Å². The zero-order valence-corrected chi connectivity index (χ0v) is 23.0. The second-order valence-electron chi connectivity index (χ2n) is 9.06. The molecule has 2 amide bonds. The quantitative estimate of drug-likeness (QED) is 0.317. The first-order chi connectivity index (χ1) is 19.4. The third-order valence-electron chi connectivity index (χ3n) is 6.53. The van der Waals surface area contributed by atoms with Gasteiger partial charge in [0, 0.05) is 38.4 Å². The highest BCUT2D eigenvalue weighted by Crippen LogP contribution is 2.36. The summed E-state index contributed by atoms with van der Waals surface area (Å²) in [6, 6.07) is 12.2. The maximum Gasteiger partial charge on any atom is 0.298 e. The molecule has 13 heteroatoms. The van der Waals surface area contributed by atoms with Crippen LogP contribution in [0.25, 0.3) is 20.4 Å². The Morgan fingerprint density at radius 1 is 0.700 bits per heavy atom. The molecule has 2 aromatic carbocycles. The van der Waals surface area contributed by atoms with Crippen molar-refractivity contribution in [2.24, 2.45) is 24.1 Å². The fraction of sp³-hybridized carbons (Fsp3) is 0.222. The normalized spacial score (nSPS) is 15.2. The van der Waals surface area contributed by atoms with Crippen molar-refractivity contribution in [3.05, 3.63) is 63.5 Å². The Morgan fingerprint density at radius 3 is 1.52 bits per heavy atom. The van der Waals surface area contributed by atoms with Gasteiger partial charge in [0.2, 0.25) is 0 Å². The highest BCUT2D eigenvalue weighted by atomic mass is 32.1. The molecule has 0 radical (unpaired) electrons. The van der Waals surface area contributed by atoms with Crippen LogP contribution in [0.1, 0.15) is 21.0 Å². The first-order valence-corrected chi connectivity index (χ1v) is 14.0. The number of amides is 2. The predicted octanol–water partition coefficient (Wildman–Crippen LogP) is 3.21. The minimum absolute atomic E-state index is 0.0483. The van der Waals surface area contributed by atoms with E-state index in [2.05, 4.69) is 15.0 Å². The monoisotopic (exact) mass is 575 g/mol. The van der Waals surface area contributed by atoms with Crippen molar-refractivity contribution in [1.82, 2.24) is 14.1 Å². The van der Waals surface area contributed by atoms with E-state index >= 15 is 0 Å². The van der Waals surface area contributed by atoms with Crippen LogP contribution in [0.5, 0.6) is 23.0 Å². The number of hydrogen-bond acceptors (Lipinski definition) is 9. The van der Waals surface area contributed by atoms with Crippen LogP contribution in [0.3, 0.4) is 0 Å². The first kappa shape index (κ1) is 24.5. The zero-order chi connectivity index (χ0) is 27.4. The van der Waals surface area contributed by atoms with E-state index in [0.717, 1.165) is 20.4 Å². The molecule has 5 heterocycles. The minimum atomic E-state index is -0.563. The third kappa shape index (κ3) is 4.23. The van der Waals surface area contributed by atoms with E-state index in [-0.39, 0.29) is 11.4 Å². The SMILES string of the molecule is Cn1c(=NC(=O)c2cccc(C(=O)N=c3sc4cc5c(cc4n3C)OCCO5)n2)sc2cc3c(cc21)OCCO3. The molecule has 2 aliphatic heterocycles. The van der Waals surface area contributed by atoms with Crippen LogP contribution < -0.4 is 28.6 Å². The molecule has 0 saturated carbocycles. The molecule has 3 aromatic heterocycles. The summed E-state index contributed by atoms with van der Waals surface area (Å²) < 4.78 is 28.1. The number of aryl methyl sites for hydroxylation is 2. The van der Waals surface area contributed by atoms with Crippen molar-refractivity contribution >= 4 is 54.9 Å². The van der Waals surface area contributed by atoms with E-state index in [4.69, 9.17) is 18.9 Å². The number of pyridine rings is 1. The maximum absolute atomic E-state index is 13.1. The van der Waals surface area contributed by atoms with Crippen LogP contribution in [0.2, 0.25) is 0 Å². The third-order valence-corrected chi connectivity index (χ3v) is 8.72. The van der Waals surface area contributed by atoms with E-state index in [9.17, 15) is 9.59 Å². The van der Waals surface area contributed by atoms with Gasteiger partial charge in [0.1, 0.15) is 37.8 Å².